The van der Waals surface area contributed by atoms with Gasteiger partial charge in [0.05, 0.1) is 6.42 Å². The number of ketones is 1. The lowest BCUT2D eigenvalue weighted by Gasteiger charge is -2.21. The van der Waals surface area contributed by atoms with Gasteiger partial charge in [0.2, 0.25) is 0 Å². The molecule has 1 fully saturated rings. The molecule has 0 heterocycles. The first-order chi connectivity index (χ1) is 12.6. The highest BCUT2D eigenvalue weighted by Crippen LogP contribution is 2.32. The van der Waals surface area contributed by atoms with Gasteiger partial charge in [-0.1, -0.05) is 67.8 Å². The average molecular weight is 350 g/mol. The predicted molar refractivity (Wildman–Crippen MR) is 103 cm³/mol. The van der Waals surface area contributed by atoms with Gasteiger partial charge in [-0.3, -0.25) is 9.59 Å². The molecule has 1 N–H and O–H groups in total. The molecule has 136 valence electrons. The van der Waals surface area contributed by atoms with Gasteiger partial charge in [-0.25, -0.2) is 0 Å². The Labute approximate surface area is 155 Å². The van der Waals surface area contributed by atoms with E-state index in [0.717, 1.165) is 47.9 Å². The molecular weight excluding hydrogens is 324 g/mol. The number of aliphatic carboxylic acids is 1. The number of carboxylic acid groups (broad SMARTS) is 1. The Morgan fingerprint density at radius 1 is 1.00 bits per heavy atom. The van der Waals surface area contributed by atoms with E-state index in [1.807, 2.05) is 55.5 Å². The third kappa shape index (κ3) is 4.21. The Kier molecular flexibility index (Phi) is 5.87. The number of aryl methyl sites for hydroxylation is 1. The molecule has 0 aromatic heterocycles. The molecule has 1 saturated carbocycles. The Hall–Kier alpha value is -2.42. The number of carbonyl (C=O) groups is 2. The monoisotopic (exact) mass is 350 g/mol. The first-order valence-electron chi connectivity index (χ1n) is 9.47. The van der Waals surface area contributed by atoms with Crippen LogP contribution in [-0.2, 0) is 4.79 Å². The van der Waals surface area contributed by atoms with E-state index < -0.39 is 5.97 Å². The van der Waals surface area contributed by atoms with Crippen molar-refractivity contribution in [1.82, 2.24) is 0 Å². The number of carboxylic acids is 1. The van der Waals surface area contributed by atoms with Crippen LogP contribution in [0.25, 0.3) is 0 Å². The summed E-state index contributed by atoms with van der Waals surface area (Å²) in [6.45, 7) is 2.01. The van der Waals surface area contributed by atoms with Crippen molar-refractivity contribution in [2.75, 3.05) is 0 Å². The highest BCUT2D eigenvalue weighted by Gasteiger charge is 2.23. The van der Waals surface area contributed by atoms with Crippen LogP contribution in [0.2, 0.25) is 0 Å². The van der Waals surface area contributed by atoms with E-state index in [4.69, 9.17) is 0 Å². The first kappa shape index (κ1) is 18.4. The number of hydrogen-bond donors (Lipinski definition) is 1. The summed E-state index contributed by atoms with van der Waals surface area (Å²) >= 11 is 0. The van der Waals surface area contributed by atoms with Gasteiger partial charge >= 0.3 is 5.97 Å². The number of benzene rings is 2. The summed E-state index contributed by atoms with van der Waals surface area (Å²) in [5, 5.41) is 9.36. The van der Waals surface area contributed by atoms with E-state index in [9.17, 15) is 14.7 Å². The molecule has 26 heavy (non-hydrogen) atoms. The van der Waals surface area contributed by atoms with Crippen LogP contribution in [-0.4, -0.2) is 16.9 Å². The van der Waals surface area contributed by atoms with E-state index in [2.05, 4.69) is 0 Å². The van der Waals surface area contributed by atoms with Gasteiger partial charge in [-0.05, 0) is 36.5 Å². The van der Waals surface area contributed by atoms with Crippen LogP contribution >= 0.6 is 0 Å². The fraction of sp³-hybridized carbons (Fsp3) is 0.391. The Bertz CT molecular complexity index is 770. The minimum Gasteiger partial charge on any atom is -0.481 e. The lowest BCUT2D eigenvalue weighted by atomic mass is 9.82. The van der Waals surface area contributed by atoms with Gasteiger partial charge in [0.15, 0.2) is 5.78 Å². The van der Waals surface area contributed by atoms with E-state index in [1.54, 1.807) is 0 Å². The zero-order valence-electron chi connectivity index (χ0n) is 15.3. The van der Waals surface area contributed by atoms with Crippen molar-refractivity contribution in [3.8, 4) is 0 Å². The maximum absolute atomic E-state index is 12.7. The van der Waals surface area contributed by atoms with Crippen molar-refractivity contribution < 1.29 is 14.7 Å². The highest BCUT2D eigenvalue weighted by molar-refractivity contribution is 5.97. The SMILES string of the molecule is Cc1ccccc1C(CC(=O)O)c1ccc(C(=O)C2CCCCC2)cc1. The molecule has 2 aromatic carbocycles. The molecule has 2 aromatic rings. The van der Waals surface area contributed by atoms with Gasteiger partial charge in [-0.15, -0.1) is 0 Å². The fourth-order valence-corrected chi connectivity index (χ4v) is 4.04. The molecule has 1 aliphatic rings. The Balaban J connectivity index is 1.85. The average Bonchev–Trinajstić information content (AvgIpc) is 2.67. The summed E-state index contributed by atoms with van der Waals surface area (Å²) < 4.78 is 0. The van der Waals surface area contributed by atoms with Gasteiger partial charge in [-0.2, -0.15) is 0 Å². The predicted octanol–water partition coefficient (Wildman–Crippen LogP) is 5.36. The van der Waals surface area contributed by atoms with E-state index in [-0.39, 0.29) is 24.0 Å². The van der Waals surface area contributed by atoms with E-state index in [1.165, 1.54) is 6.42 Å². The first-order valence-corrected chi connectivity index (χ1v) is 9.47. The molecule has 0 bridgehead atoms. The number of hydrogen-bond acceptors (Lipinski definition) is 2. The minimum atomic E-state index is -0.819. The third-order valence-electron chi connectivity index (χ3n) is 5.52. The zero-order chi connectivity index (χ0) is 18.5. The lowest BCUT2D eigenvalue weighted by Crippen LogP contribution is -2.18. The van der Waals surface area contributed by atoms with Gasteiger partial charge in [0, 0.05) is 17.4 Å². The lowest BCUT2D eigenvalue weighted by molar-refractivity contribution is -0.137. The second-order valence-electron chi connectivity index (χ2n) is 7.33. The van der Waals surface area contributed by atoms with Crippen molar-refractivity contribution in [2.24, 2.45) is 5.92 Å². The Morgan fingerprint density at radius 3 is 2.27 bits per heavy atom. The summed E-state index contributed by atoms with van der Waals surface area (Å²) in [4.78, 5) is 24.1. The molecule has 3 heteroatoms. The second kappa shape index (κ2) is 8.31. The molecule has 0 spiro atoms. The normalized spacial score (nSPS) is 16.2. The highest BCUT2D eigenvalue weighted by atomic mass is 16.4. The van der Waals surface area contributed by atoms with Crippen LogP contribution in [0.5, 0.6) is 0 Å². The van der Waals surface area contributed by atoms with Crippen molar-refractivity contribution >= 4 is 11.8 Å². The smallest absolute Gasteiger partial charge is 0.304 e. The minimum absolute atomic E-state index is 0.0424. The molecule has 1 aliphatic carbocycles. The standard InChI is InChI=1S/C23H26O3/c1-16-7-5-6-10-20(16)21(15-22(24)25)17-11-13-19(14-12-17)23(26)18-8-3-2-4-9-18/h5-7,10-14,18,21H,2-4,8-9,15H2,1H3,(H,24,25). The molecule has 1 atom stereocenters. The largest absolute Gasteiger partial charge is 0.481 e. The second-order valence-corrected chi connectivity index (χ2v) is 7.33. The summed E-state index contributed by atoms with van der Waals surface area (Å²) in [5.41, 5.74) is 3.81. The van der Waals surface area contributed by atoms with Crippen LogP contribution in [0.1, 0.15) is 71.5 Å². The molecule has 0 amide bonds. The van der Waals surface area contributed by atoms with Crippen LogP contribution in [0, 0.1) is 12.8 Å². The number of carbonyl (C=O) groups excluding carboxylic acids is 1. The summed E-state index contributed by atoms with van der Waals surface area (Å²) in [6, 6.07) is 15.5. The van der Waals surface area contributed by atoms with Crippen LogP contribution < -0.4 is 0 Å². The van der Waals surface area contributed by atoms with Crippen molar-refractivity contribution in [3.63, 3.8) is 0 Å². The summed E-state index contributed by atoms with van der Waals surface area (Å²) in [6.07, 6.45) is 5.54. The van der Waals surface area contributed by atoms with Crippen molar-refractivity contribution in [3.05, 3.63) is 70.8 Å². The third-order valence-corrected chi connectivity index (χ3v) is 5.52. The van der Waals surface area contributed by atoms with Crippen molar-refractivity contribution in [2.45, 2.75) is 51.4 Å². The van der Waals surface area contributed by atoms with Crippen LogP contribution in [0.3, 0.4) is 0 Å². The molecule has 3 nitrogen and oxygen atoms in total. The van der Waals surface area contributed by atoms with Crippen LogP contribution in [0.4, 0.5) is 0 Å². The Morgan fingerprint density at radius 2 is 1.65 bits per heavy atom. The molecule has 3 rings (SSSR count). The summed E-state index contributed by atoms with van der Waals surface area (Å²) in [7, 11) is 0. The van der Waals surface area contributed by atoms with Gasteiger partial charge in [0.25, 0.3) is 0 Å². The zero-order valence-corrected chi connectivity index (χ0v) is 15.3. The molecular formula is C23H26O3. The van der Waals surface area contributed by atoms with Gasteiger partial charge in [0.1, 0.15) is 0 Å². The van der Waals surface area contributed by atoms with Crippen molar-refractivity contribution in [1.29, 1.82) is 0 Å². The fourth-order valence-electron chi connectivity index (χ4n) is 4.04. The van der Waals surface area contributed by atoms with E-state index in [0.29, 0.717) is 0 Å². The molecule has 0 aliphatic heterocycles. The molecule has 0 saturated heterocycles. The molecule has 1 unspecified atom stereocenters. The summed E-state index contributed by atoms with van der Waals surface area (Å²) in [5.74, 6) is -0.629. The topological polar surface area (TPSA) is 54.4 Å². The quantitative estimate of drug-likeness (QED) is 0.713. The van der Waals surface area contributed by atoms with E-state index >= 15 is 0 Å². The van der Waals surface area contributed by atoms with Gasteiger partial charge < -0.3 is 5.11 Å². The number of Topliss-reactive ketones (excluding diaryl/α,β-unsaturated/α-hetero) is 1. The molecule has 0 radical (unpaired) electrons. The van der Waals surface area contributed by atoms with Crippen LogP contribution in [0.15, 0.2) is 48.5 Å². The maximum Gasteiger partial charge on any atom is 0.304 e. The maximum atomic E-state index is 12.7. The number of rotatable bonds is 6.